The molecule has 3 unspecified atom stereocenters. The first-order chi connectivity index (χ1) is 9.38. The van der Waals surface area contributed by atoms with Crippen molar-refractivity contribution in [1.29, 1.82) is 0 Å². The molecule has 1 aliphatic rings. The average molecular weight is 368 g/mol. The Balaban J connectivity index is 2.42. The molecule has 0 amide bonds. The van der Waals surface area contributed by atoms with E-state index in [1.54, 1.807) is 12.1 Å². The molecule has 0 aliphatic carbocycles. The molecule has 1 aromatic carbocycles. The smallest absolute Gasteiger partial charge is 0.350 e. The Hall–Kier alpha value is -0.670. The number of hydrogen-bond donors (Lipinski definition) is 5. The second-order valence-corrected chi connectivity index (χ2v) is 7.25. The van der Waals surface area contributed by atoms with Gasteiger partial charge in [-0.1, -0.05) is 15.9 Å². The molecular weight excluding hydrogens is 353 g/mol. The number of benzene rings is 1. The molecule has 0 bridgehead atoms. The van der Waals surface area contributed by atoms with Crippen LogP contribution in [-0.4, -0.2) is 29.8 Å². The van der Waals surface area contributed by atoms with Gasteiger partial charge in [0.2, 0.25) is 0 Å². The highest BCUT2D eigenvalue weighted by molar-refractivity contribution is 9.10. The summed E-state index contributed by atoms with van der Waals surface area (Å²) in [6.45, 7) is 0. The number of hydrogen-bond acceptors (Lipinski definition) is 8. The van der Waals surface area contributed by atoms with Crippen LogP contribution in [-0.2, 0) is 19.9 Å². The highest BCUT2D eigenvalue weighted by Crippen LogP contribution is 2.51. The fourth-order valence-electron chi connectivity index (χ4n) is 1.89. The molecule has 20 heavy (non-hydrogen) atoms. The fourth-order valence-corrected chi connectivity index (χ4v) is 3.35. The van der Waals surface area contributed by atoms with E-state index in [0.29, 0.717) is 21.4 Å². The van der Waals surface area contributed by atoms with Gasteiger partial charge in [-0.2, -0.15) is 0 Å². The predicted octanol–water partition coefficient (Wildman–Crippen LogP) is 1.15. The van der Waals surface area contributed by atoms with E-state index in [0.717, 1.165) is 0 Å². The molecule has 8 nitrogen and oxygen atoms in total. The van der Waals surface area contributed by atoms with Gasteiger partial charge in [-0.15, -0.1) is 0 Å². The van der Waals surface area contributed by atoms with Gasteiger partial charge in [0.05, 0.1) is 17.5 Å². The first kappa shape index (κ1) is 15.7. The van der Waals surface area contributed by atoms with Gasteiger partial charge in [0.1, 0.15) is 0 Å². The number of nitrogens with two attached hydrogens (primary N) is 1. The van der Waals surface area contributed by atoms with Crippen LogP contribution in [0.4, 0.5) is 11.4 Å². The van der Waals surface area contributed by atoms with Crippen LogP contribution in [0.25, 0.3) is 0 Å². The Labute approximate surface area is 123 Å². The molecule has 0 saturated heterocycles. The maximum atomic E-state index is 12.1. The molecule has 0 aromatic heterocycles. The molecule has 0 radical (unpaired) electrons. The van der Waals surface area contributed by atoms with Crippen LogP contribution in [0.15, 0.2) is 16.6 Å². The highest BCUT2D eigenvalue weighted by Gasteiger charge is 2.30. The summed E-state index contributed by atoms with van der Waals surface area (Å²) >= 11 is 3.31. The van der Waals surface area contributed by atoms with Crippen LogP contribution in [0.1, 0.15) is 5.56 Å². The zero-order valence-corrected chi connectivity index (χ0v) is 13.0. The van der Waals surface area contributed by atoms with Crippen molar-refractivity contribution in [2.24, 2.45) is 5.90 Å². The van der Waals surface area contributed by atoms with Gasteiger partial charge in [0.25, 0.3) is 0 Å². The molecule has 1 aromatic rings. The summed E-state index contributed by atoms with van der Waals surface area (Å²) in [6, 6.07) is 3.41. The van der Waals surface area contributed by atoms with Gasteiger partial charge in [0, 0.05) is 11.6 Å². The van der Waals surface area contributed by atoms with Crippen LogP contribution in [0.3, 0.4) is 0 Å². The summed E-state index contributed by atoms with van der Waals surface area (Å²) in [6.07, 6.45) is -2.42. The Morgan fingerprint density at radius 3 is 2.65 bits per heavy atom. The van der Waals surface area contributed by atoms with E-state index >= 15 is 0 Å². The third-order valence-electron chi connectivity index (χ3n) is 2.88. The van der Waals surface area contributed by atoms with Crippen LogP contribution >= 0.6 is 23.5 Å². The zero-order valence-electron chi connectivity index (χ0n) is 10.5. The summed E-state index contributed by atoms with van der Waals surface area (Å²) in [5.41, 5.74) is 1.61. The number of aliphatic hydroxyl groups is 2. The van der Waals surface area contributed by atoms with E-state index in [9.17, 15) is 14.8 Å². The predicted molar refractivity (Wildman–Crippen MR) is 77.0 cm³/mol. The third kappa shape index (κ3) is 3.15. The van der Waals surface area contributed by atoms with Crippen molar-refractivity contribution >= 4 is 34.9 Å². The number of aliphatic hydroxyl groups excluding tert-OH is 2. The van der Waals surface area contributed by atoms with Crippen molar-refractivity contribution in [3.8, 4) is 0 Å². The van der Waals surface area contributed by atoms with Crippen molar-refractivity contribution < 1.29 is 23.9 Å². The van der Waals surface area contributed by atoms with E-state index in [2.05, 4.69) is 31.2 Å². The molecule has 0 saturated carbocycles. The Kier molecular flexibility index (Phi) is 4.70. The van der Waals surface area contributed by atoms with Gasteiger partial charge < -0.3 is 25.4 Å². The van der Waals surface area contributed by atoms with E-state index in [4.69, 9.17) is 10.4 Å². The van der Waals surface area contributed by atoms with Crippen molar-refractivity contribution in [2.75, 3.05) is 17.7 Å². The maximum Gasteiger partial charge on any atom is 0.350 e. The van der Waals surface area contributed by atoms with Crippen LogP contribution in [0, 0.1) is 0 Å². The third-order valence-corrected chi connectivity index (χ3v) is 4.95. The molecule has 0 fully saturated rings. The monoisotopic (exact) mass is 367 g/mol. The lowest BCUT2D eigenvalue weighted by Crippen LogP contribution is -2.43. The van der Waals surface area contributed by atoms with Crippen LogP contribution < -0.4 is 16.5 Å². The van der Waals surface area contributed by atoms with Crippen molar-refractivity contribution in [2.45, 2.75) is 18.6 Å². The lowest BCUT2D eigenvalue weighted by atomic mass is 10.1. The lowest BCUT2D eigenvalue weighted by Gasteiger charge is -2.31. The standard InChI is InChI=1S/C10H15BrN3O5P/c1-18-20(17,19-12)4-5-2-6(11)3-7-8(5)14-10(16)9(15)13-7/h2-3,9-10,13-16H,4,12H2,1H3. The second kappa shape index (κ2) is 5.98. The van der Waals surface area contributed by atoms with E-state index in [-0.39, 0.29) is 6.16 Å². The van der Waals surface area contributed by atoms with Gasteiger partial charge in [-0.25, -0.2) is 10.5 Å². The summed E-state index contributed by atoms with van der Waals surface area (Å²) in [5.74, 6) is 5.00. The average Bonchev–Trinajstić information content (AvgIpc) is 2.41. The summed E-state index contributed by atoms with van der Waals surface area (Å²) in [5, 5.41) is 24.7. The Morgan fingerprint density at radius 2 is 2.05 bits per heavy atom. The molecular formula is C10H15BrN3O5P. The summed E-state index contributed by atoms with van der Waals surface area (Å²) in [7, 11) is -2.22. The van der Waals surface area contributed by atoms with Gasteiger partial charge in [-0.05, 0) is 17.7 Å². The lowest BCUT2D eigenvalue weighted by molar-refractivity contribution is 0.0527. The Morgan fingerprint density at radius 1 is 1.40 bits per heavy atom. The maximum absolute atomic E-state index is 12.1. The molecule has 2 rings (SSSR count). The first-order valence-corrected chi connectivity index (χ1v) is 8.15. The van der Waals surface area contributed by atoms with E-state index in [1.165, 1.54) is 7.11 Å². The van der Waals surface area contributed by atoms with Crippen molar-refractivity contribution in [1.82, 2.24) is 0 Å². The second-order valence-electron chi connectivity index (χ2n) is 4.22. The van der Waals surface area contributed by atoms with Gasteiger partial charge in [0.15, 0.2) is 12.5 Å². The minimum absolute atomic E-state index is 0.0841. The number of anilines is 2. The number of fused-ring (bicyclic) bond motifs is 1. The molecule has 1 aliphatic heterocycles. The first-order valence-electron chi connectivity index (χ1n) is 5.63. The molecule has 10 heteroatoms. The van der Waals surface area contributed by atoms with Gasteiger partial charge in [-0.3, -0.25) is 4.57 Å². The van der Waals surface area contributed by atoms with Crippen molar-refractivity contribution in [3.05, 3.63) is 22.2 Å². The highest BCUT2D eigenvalue weighted by atomic mass is 79.9. The quantitative estimate of drug-likeness (QED) is 0.396. The largest absolute Gasteiger partial charge is 0.369 e. The normalized spacial score (nSPS) is 24.2. The summed E-state index contributed by atoms with van der Waals surface area (Å²) in [4.78, 5) is 0. The number of nitrogens with one attached hydrogen (secondary N) is 2. The molecule has 0 spiro atoms. The van der Waals surface area contributed by atoms with Crippen LogP contribution in [0.2, 0.25) is 0 Å². The van der Waals surface area contributed by atoms with E-state index < -0.39 is 20.1 Å². The summed E-state index contributed by atoms with van der Waals surface area (Å²) < 4.78 is 22.0. The number of halogens is 1. The van der Waals surface area contributed by atoms with Crippen molar-refractivity contribution in [3.63, 3.8) is 0 Å². The Bertz CT molecular complexity index is 550. The van der Waals surface area contributed by atoms with Gasteiger partial charge >= 0.3 is 7.60 Å². The molecule has 1 heterocycles. The molecule has 112 valence electrons. The van der Waals surface area contributed by atoms with E-state index in [1.807, 2.05) is 0 Å². The molecule has 3 atom stereocenters. The fraction of sp³-hybridized carbons (Fsp3) is 0.400. The minimum Gasteiger partial charge on any atom is -0.369 e. The topological polar surface area (TPSA) is 126 Å². The molecule has 6 N–H and O–H groups in total. The zero-order chi connectivity index (χ0) is 14.9. The SMILES string of the molecule is COP(=O)(Cc1cc(Br)cc2c1NC(O)C(O)N2)ON. The van der Waals surface area contributed by atoms with Crippen LogP contribution in [0.5, 0.6) is 0 Å². The minimum atomic E-state index is -3.46. The number of rotatable bonds is 4.